The van der Waals surface area contributed by atoms with Gasteiger partial charge in [-0.05, 0) is 64.2 Å². The normalized spacial score (nSPS) is 11.6. The number of rotatable bonds is 6. The van der Waals surface area contributed by atoms with E-state index in [9.17, 15) is 0 Å². The fourth-order valence-corrected chi connectivity index (χ4v) is 7.83. The summed E-state index contributed by atoms with van der Waals surface area (Å²) in [5.74, 6) is 1.82. The van der Waals surface area contributed by atoms with E-state index in [4.69, 9.17) is 23.8 Å². The summed E-state index contributed by atoms with van der Waals surface area (Å²) >= 11 is 0. The summed E-state index contributed by atoms with van der Waals surface area (Å²) in [5.41, 5.74) is 12.5. The van der Waals surface area contributed by atoms with Gasteiger partial charge in [0, 0.05) is 43.8 Å². The summed E-state index contributed by atoms with van der Waals surface area (Å²) in [4.78, 5) is 14.8. The van der Waals surface area contributed by atoms with Crippen LogP contribution in [0.1, 0.15) is 0 Å². The van der Waals surface area contributed by atoms with E-state index in [0.29, 0.717) is 17.5 Å². The summed E-state index contributed by atoms with van der Waals surface area (Å²) < 4.78 is 13.4. The van der Waals surface area contributed by atoms with Crippen LogP contribution >= 0.6 is 0 Å². The van der Waals surface area contributed by atoms with Gasteiger partial charge in [-0.3, -0.25) is 0 Å². The molecule has 3 aromatic heterocycles. The summed E-state index contributed by atoms with van der Waals surface area (Å²) in [6, 6.07) is 64.6. The van der Waals surface area contributed by atoms with Gasteiger partial charge in [0.25, 0.3) is 0 Å². The fourth-order valence-electron chi connectivity index (χ4n) is 7.83. The SMILES string of the molecule is c1ccc(-c2cccc(-c3cc(-c4cccc5c4oc4cc(-c6nc(-c7ccccc7)nc(-c7ccccc7)n6)ccc45)c4c(c3)oc3ccccc34)c2)cc1. The van der Waals surface area contributed by atoms with Crippen LogP contribution in [0.15, 0.2) is 197 Å². The first-order chi connectivity index (χ1) is 27.7. The zero-order chi connectivity index (χ0) is 37.0. The minimum atomic E-state index is 0.581. The molecule has 3 heterocycles. The van der Waals surface area contributed by atoms with E-state index in [0.717, 1.165) is 88.4 Å². The number of benzene rings is 8. The van der Waals surface area contributed by atoms with Crippen molar-refractivity contribution in [2.45, 2.75) is 0 Å². The number of hydrogen-bond acceptors (Lipinski definition) is 5. The average molecular weight is 718 g/mol. The molecule has 0 aliphatic rings. The lowest BCUT2D eigenvalue weighted by atomic mass is 9.92. The lowest BCUT2D eigenvalue weighted by Gasteiger charge is -2.11. The molecule has 0 radical (unpaired) electrons. The Labute approximate surface area is 322 Å². The number of nitrogens with zero attached hydrogens (tertiary/aromatic N) is 3. The maximum atomic E-state index is 6.89. The van der Waals surface area contributed by atoms with Crippen LogP contribution in [-0.2, 0) is 0 Å². The Hall–Kier alpha value is -7.63. The molecular weight excluding hydrogens is 687 g/mol. The minimum Gasteiger partial charge on any atom is -0.456 e. The van der Waals surface area contributed by atoms with Crippen molar-refractivity contribution in [3.8, 4) is 67.5 Å². The van der Waals surface area contributed by atoms with Crippen LogP contribution < -0.4 is 0 Å². The molecule has 0 N–H and O–H groups in total. The van der Waals surface area contributed by atoms with Crippen molar-refractivity contribution in [3.05, 3.63) is 188 Å². The highest BCUT2D eigenvalue weighted by Crippen LogP contribution is 2.44. The van der Waals surface area contributed by atoms with Crippen molar-refractivity contribution >= 4 is 43.9 Å². The standard InChI is InChI=1S/C51H31N3O2/c1-4-14-32(15-5-1)35-20-12-21-36(28-35)38-29-43(47-42-22-10-11-25-44(42)55-46(47)31-38)41-24-13-23-40-39-27-26-37(30-45(39)56-48(40)41)51-53-49(33-16-6-2-7-17-33)52-50(54-51)34-18-8-3-9-19-34/h1-31H. The van der Waals surface area contributed by atoms with Gasteiger partial charge in [-0.25, -0.2) is 15.0 Å². The van der Waals surface area contributed by atoms with Gasteiger partial charge in [-0.1, -0.05) is 152 Å². The monoisotopic (exact) mass is 717 g/mol. The zero-order valence-electron chi connectivity index (χ0n) is 30.1. The molecule has 0 amide bonds. The Balaban J connectivity index is 1.09. The Morgan fingerprint density at radius 1 is 0.286 bits per heavy atom. The third kappa shape index (κ3) is 5.45. The predicted molar refractivity (Wildman–Crippen MR) is 227 cm³/mol. The molecule has 5 heteroatoms. The number of aromatic nitrogens is 3. The summed E-state index contributed by atoms with van der Waals surface area (Å²) in [6.45, 7) is 0. The summed E-state index contributed by atoms with van der Waals surface area (Å²) in [7, 11) is 0. The van der Waals surface area contributed by atoms with Gasteiger partial charge in [-0.2, -0.15) is 0 Å². The molecule has 0 saturated carbocycles. The Morgan fingerprint density at radius 2 is 0.839 bits per heavy atom. The van der Waals surface area contributed by atoms with Crippen LogP contribution in [0.5, 0.6) is 0 Å². The van der Waals surface area contributed by atoms with E-state index in [1.54, 1.807) is 0 Å². The maximum absolute atomic E-state index is 6.89. The molecule has 11 rings (SSSR count). The van der Waals surface area contributed by atoms with Crippen molar-refractivity contribution in [1.29, 1.82) is 0 Å². The second kappa shape index (κ2) is 13.0. The van der Waals surface area contributed by atoms with E-state index in [1.807, 2.05) is 84.9 Å². The number of para-hydroxylation sites is 2. The van der Waals surface area contributed by atoms with Gasteiger partial charge < -0.3 is 8.83 Å². The van der Waals surface area contributed by atoms with Crippen LogP contribution in [0.4, 0.5) is 0 Å². The largest absolute Gasteiger partial charge is 0.456 e. The lowest BCUT2D eigenvalue weighted by Crippen LogP contribution is -2.00. The van der Waals surface area contributed by atoms with Crippen LogP contribution in [-0.4, -0.2) is 15.0 Å². The molecule has 56 heavy (non-hydrogen) atoms. The Bertz CT molecular complexity index is 3180. The third-order valence-electron chi connectivity index (χ3n) is 10.5. The third-order valence-corrected chi connectivity index (χ3v) is 10.5. The Morgan fingerprint density at radius 3 is 1.55 bits per heavy atom. The highest BCUT2D eigenvalue weighted by atomic mass is 16.3. The number of fused-ring (bicyclic) bond motifs is 6. The highest BCUT2D eigenvalue weighted by Gasteiger charge is 2.20. The lowest BCUT2D eigenvalue weighted by molar-refractivity contribution is 0.669. The number of furan rings is 2. The second-order valence-electron chi connectivity index (χ2n) is 14.0. The molecule has 0 bridgehead atoms. The molecule has 11 aromatic rings. The first kappa shape index (κ1) is 31.9. The van der Waals surface area contributed by atoms with Crippen LogP contribution in [0, 0.1) is 0 Å². The van der Waals surface area contributed by atoms with Gasteiger partial charge >= 0.3 is 0 Å². The van der Waals surface area contributed by atoms with Crippen molar-refractivity contribution in [2.75, 3.05) is 0 Å². The topological polar surface area (TPSA) is 65.0 Å². The molecule has 0 spiro atoms. The zero-order valence-corrected chi connectivity index (χ0v) is 30.1. The molecule has 0 fully saturated rings. The highest BCUT2D eigenvalue weighted by molar-refractivity contribution is 6.18. The summed E-state index contributed by atoms with van der Waals surface area (Å²) in [5, 5.41) is 4.18. The smallest absolute Gasteiger partial charge is 0.164 e. The quantitative estimate of drug-likeness (QED) is 0.171. The van der Waals surface area contributed by atoms with Crippen LogP contribution in [0.3, 0.4) is 0 Å². The van der Waals surface area contributed by atoms with E-state index in [-0.39, 0.29) is 0 Å². The average Bonchev–Trinajstić information content (AvgIpc) is 3.85. The van der Waals surface area contributed by atoms with E-state index < -0.39 is 0 Å². The molecule has 5 nitrogen and oxygen atoms in total. The molecule has 8 aromatic carbocycles. The van der Waals surface area contributed by atoms with Crippen molar-refractivity contribution in [3.63, 3.8) is 0 Å². The Kier molecular flexibility index (Phi) is 7.42. The van der Waals surface area contributed by atoms with Gasteiger partial charge in [0.1, 0.15) is 22.3 Å². The molecule has 0 saturated heterocycles. The van der Waals surface area contributed by atoms with Gasteiger partial charge in [0.05, 0.1) is 0 Å². The van der Waals surface area contributed by atoms with E-state index >= 15 is 0 Å². The number of hydrogen-bond donors (Lipinski definition) is 0. The molecule has 262 valence electrons. The molecule has 0 atom stereocenters. The van der Waals surface area contributed by atoms with Gasteiger partial charge in [0.2, 0.25) is 0 Å². The van der Waals surface area contributed by atoms with Crippen molar-refractivity contribution < 1.29 is 8.83 Å². The maximum Gasteiger partial charge on any atom is 0.164 e. The van der Waals surface area contributed by atoms with Crippen molar-refractivity contribution in [2.24, 2.45) is 0 Å². The van der Waals surface area contributed by atoms with Crippen molar-refractivity contribution in [1.82, 2.24) is 15.0 Å². The van der Waals surface area contributed by atoms with Crippen LogP contribution in [0.2, 0.25) is 0 Å². The van der Waals surface area contributed by atoms with E-state index in [1.165, 1.54) is 5.56 Å². The fraction of sp³-hybridized carbons (Fsp3) is 0. The second-order valence-corrected chi connectivity index (χ2v) is 14.0. The molecule has 0 unspecified atom stereocenters. The van der Waals surface area contributed by atoms with Crippen LogP contribution in [0.25, 0.3) is 111 Å². The van der Waals surface area contributed by atoms with Gasteiger partial charge in [0.15, 0.2) is 17.5 Å². The predicted octanol–water partition coefficient (Wildman–Crippen LogP) is 13.7. The van der Waals surface area contributed by atoms with E-state index in [2.05, 4.69) is 103 Å². The molecular formula is C51H31N3O2. The minimum absolute atomic E-state index is 0.581. The first-order valence-electron chi connectivity index (χ1n) is 18.7. The first-order valence-corrected chi connectivity index (χ1v) is 18.7. The summed E-state index contributed by atoms with van der Waals surface area (Å²) in [6.07, 6.45) is 0. The molecule has 0 aliphatic heterocycles. The van der Waals surface area contributed by atoms with Gasteiger partial charge in [-0.15, -0.1) is 0 Å². The molecule has 0 aliphatic carbocycles.